The van der Waals surface area contributed by atoms with Crippen LogP contribution in [0.25, 0.3) is 11.1 Å². The third-order valence-corrected chi connectivity index (χ3v) is 4.69. The minimum absolute atomic E-state index is 0.0680. The van der Waals surface area contributed by atoms with Crippen molar-refractivity contribution in [3.63, 3.8) is 0 Å². The third kappa shape index (κ3) is 3.44. The molecule has 0 atom stereocenters. The molecule has 8 nitrogen and oxygen atoms in total. The molecule has 0 radical (unpaired) electrons. The fourth-order valence-corrected chi connectivity index (χ4v) is 3.42. The Morgan fingerprint density at radius 1 is 1.32 bits per heavy atom. The first kappa shape index (κ1) is 18.1. The summed E-state index contributed by atoms with van der Waals surface area (Å²) in [5.41, 5.74) is 7.87. The van der Waals surface area contributed by atoms with E-state index >= 15 is 0 Å². The number of primary amides is 1. The monoisotopic (exact) mass is 383 g/mol. The first-order valence-corrected chi connectivity index (χ1v) is 8.73. The van der Waals surface area contributed by atoms with Crippen LogP contribution in [0.15, 0.2) is 28.8 Å². The van der Waals surface area contributed by atoms with E-state index in [1.54, 1.807) is 6.92 Å². The predicted molar refractivity (Wildman–Crippen MR) is 96.7 cm³/mol. The van der Waals surface area contributed by atoms with Gasteiger partial charge in [-0.15, -0.1) is 0 Å². The van der Waals surface area contributed by atoms with Gasteiger partial charge in [-0.2, -0.15) is 4.98 Å². The van der Waals surface area contributed by atoms with Crippen molar-refractivity contribution in [2.45, 2.75) is 26.4 Å². The van der Waals surface area contributed by atoms with Gasteiger partial charge in [0.05, 0.1) is 12.2 Å². The van der Waals surface area contributed by atoms with E-state index in [4.69, 9.17) is 10.3 Å². The lowest BCUT2D eigenvalue weighted by atomic mass is 9.92. The molecule has 0 aliphatic carbocycles. The Bertz CT molecular complexity index is 1070. The van der Waals surface area contributed by atoms with Crippen LogP contribution < -0.4 is 5.73 Å². The van der Waals surface area contributed by atoms with Crippen molar-refractivity contribution >= 4 is 5.91 Å². The van der Waals surface area contributed by atoms with E-state index in [0.717, 1.165) is 11.6 Å². The highest BCUT2D eigenvalue weighted by Gasteiger charge is 2.25. The molecule has 144 valence electrons. The molecular formula is C19H18FN5O3. The van der Waals surface area contributed by atoms with Crippen LogP contribution in [0.1, 0.15) is 33.5 Å². The van der Waals surface area contributed by atoms with E-state index in [2.05, 4.69) is 20.0 Å². The highest BCUT2D eigenvalue weighted by Crippen LogP contribution is 2.33. The Balaban J connectivity index is 1.73. The molecule has 4 rings (SSSR count). The average Bonchev–Trinajstić information content (AvgIpc) is 3.05. The molecule has 0 saturated carbocycles. The Morgan fingerprint density at radius 2 is 2.14 bits per heavy atom. The first-order chi connectivity index (χ1) is 13.4. The molecule has 0 fully saturated rings. The molecule has 1 amide bonds. The lowest BCUT2D eigenvalue weighted by Gasteiger charge is -2.29. The number of fused-ring (bicyclic) bond motifs is 1. The van der Waals surface area contributed by atoms with Gasteiger partial charge in [0.15, 0.2) is 5.82 Å². The molecule has 0 spiro atoms. The van der Waals surface area contributed by atoms with Crippen molar-refractivity contribution in [1.29, 1.82) is 0 Å². The number of rotatable bonds is 4. The maximum Gasteiger partial charge on any atom is 0.267 e. The summed E-state index contributed by atoms with van der Waals surface area (Å²) in [4.78, 5) is 22.4. The van der Waals surface area contributed by atoms with Crippen LogP contribution in [0.4, 0.5) is 4.39 Å². The minimum Gasteiger partial charge on any atom is -0.508 e. The van der Waals surface area contributed by atoms with E-state index in [9.17, 15) is 14.3 Å². The van der Waals surface area contributed by atoms with Gasteiger partial charge in [-0.3, -0.25) is 9.69 Å². The number of aromatic hydroxyl groups is 1. The van der Waals surface area contributed by atoms with Crippen LogP contribution in [0.2, 0.25) is 0 Å². The van der Waals surface area contributed by atoms with Crippen molar-refractivity contribution in [3.05, 3.63) is 58.7 Å². The zero-order chi connectivity index (χ0) is 19.8. The molecule has 1 aliphatic rings. The molecule has 1 aromatic carbocycles. The fraction of sp³-hybridized carbons (Fsp3) is 0.263. The minimum atomic E-state index is -0.686. The maximum atomic E-state index is 14.5. The summed E-state index contributed by atoms with van der Waals surface area (Å²) in [6.45, 7) is 3.32. The predicted octanol–water partition coefficient (Wildman–Crippen LogP) is 1.94. The molecule has 3 heterocycles. The van der Waals surface area contributed by atoms with Crippen LogP contribution in [0, 0.1) is 12.7 Å². The van der Waals surface area contributed by atoms with E-state index in [1.165, 1.54) is 18.2 Å². The number of phenolic OH excluding ortho intramolecular Hbond substituents is 1. The number of nitrogens with zero attached hydrogens (tertiary/aromatic N) is 4. The molecule has 0 saturated heterocycles. The van der Waals surface area contributed by atoms with Gasteiger partial charge in [0.25, 0.3) is 5.91 Å². The first-order valence-electron chi connectivity index (χ1n) is 8.73. The number of aryl methyl sites for hydroxylation is 1. The number of hydrogen-bond acceptors (Lipinski definition) is 7. The highest BCUT2D eigenvalue weighted by molar-refractivity contribution is 5.92. The van der Waals surface area contributed by atoms with Crippen molar-refractivity contribution < 1.29 is 18.8 Å². The third-order valence-electron chi connectivity index (χ3n) is 4.69. The van der Waals surface area contributed by atoms with Crippen LogP contribution in [0.5, 0.6) is 5.75 Å². The number of aromatic nitrogens is 3. The number of phenols is 1. The number of amides is 1. The molecule has 1 aliphatic heterocycles. The summed E-state index contributed by atoms with van der Waals surface area (Å²) >= 11 is 0. The Morgan fingerprint density at radius 3 is 2.82 bits per heavy atom. The molecular weight excluding hydrogens is 365 g/mol. The number of nitrogens with two attached hydrogens (primary N) is 1. The quantitative estimate of drug-likeness (QED) is 0.707. The topological polar surface area (TPSA) is 118 Å². The second kappa shape index (κ2) is 7.01. The second-order valence-electron chi connectivity index (χ2n) is 6.70. The van der Waals surface area contributed by atoms with Gasteiger partial charge in [-0.05, 0) is 35.7 Å². The Labute approximate surface area is 159 Å². The van der Waals surface area contributed by atoms with E-state index in [-0.39, 0.29) is 11.4 Å². The Kier molecular flexibility index (Phi) is 4.52. The lowest BCUT2D eigenvalue weighted by molar-refractivity contribution is 0.0994. The van der Waals surface area contributed by atoms with Gasteiger partial charge in [-0.25, -0.2) is 9.37 Å². The highest BCUT2D eigenvalue weighted by atomic mass is 19.1. The van der Waals surface area contributed by atoms with E-state index < -0.39 is 11.7 Å². The number of carbonyl (C=O) groups is 1. The molecule has 28 heavy (non-hydrogen) atoms. The molecule has 9 heteroatoms. The fourth-order valence-electron chi connectivity index (χ4n) is 3.42. The second-order valence-corrected chi connectivity index (χ2v) is 6.70. The van der Waals surface area contributed by atoms with Crippen molar-refractivity contribution in [1.82, 2.24) is 20.0 Å². The summed E-state index contributed by atoms with van der Waals surface area (Å²) in [6.07, 6.45) is 0.605. The van der Waals surface area contributed by atoms with Gasteiger partial charge < -0.3 is 15.4 Å². The normalized spacial score (nSPS) is 14.1. The van der Waals surface area contributed by atoms with Crippen LogP contribution in [-0.2, 0) is 19.5 Å². The van der Waals surface area contributed by atoms with Gasteiger partial charge in [0.1, 0.15) is 17.3 Å². The molecule has 0 unspecified atom stereocenters. The average molecular weight is 383 g/mol. The summed E-state index contributed by atoms with van der Waals surface area (Å²) in [5.74, 6) is -0.369. The molecule has 3 aromatic rings. The molecule has 3 N–H and O–H groups in total. The van der Waals surface area contributed by atoms with Crippen LogP contribution in [0.3, 0.4) is 0 Å². The number of benzene rings is 1. The van der Waals surface area contributed by atoms with Crippen molar-refractivity contribution in [3.8, 4) is 16.9 Å². The summed E-state index contributed by atoms with van der Waals surface area (Å²) in [7, 11) is 0. The van der Waals surface area contributed by atoms with Crippen molar-refractivity contribution in [2.75, 3.05) is 6.54 Å². The number of hydrogen-bond donors (Lipinski definition) is 2. The van der Waals surface area contributed by atoms with Crippen LogP contribution >= 0.6 is 0 Å². The van der Waals surface area contributed by atoms with Gasteiger partial charge in [-0.1, -0.05) is 5.16 Å². The zero-order valence-electron chi connectivity index (χ0n) is 15.1. The number of carbonyl (C=O) groups excluding carboxylic acids is 1. The van der Waals surface area contributed by atoms with Gasteiger partial charge >= 0.3 is 0 Å². The van der Waals surface area contributed by atoms with Crippen molar-refractivity contribution in [2.24, 2.45) is 5.73 Å². The van der Waals surface area contributed by atoms with Crippen LogP contribution in [-0.4, -0.2) is 37.6 Å². The summed E-state index contributed by atoms with van der Waals surface area (Å²) in [6, 6.07) is 5.44. The molecule has 2 aromatic heterocycles. The maximum absolute atomic E-state index is 14.5. The standard InChI is InChI=1S/C19H18FN5O3/c1-10-22-18(24-28-10)9-25-5-4-13-14(12-3-2-11(26)6-15(12)20)7-16(19(21)27)23-17(13)8-25/h2-3,6-7,26H,4-5,8-9H2,1H3,(H2,21,27). The van der Waals surface area contributed by atoms with E-state index in [0.29, 0.717) is 54.6 Å². The summed E-state index contributed by atoms with van der Waals surface area (Å²) < 4.78 is 19.5. The molecule has 0 bridgehead atoms. The summed E-state index contributed by atoms with van der Waals surface area (Å²) in [5, 5.41) is 13.4. The lowest BCUT2D eigenvalue weighted by Crippen LogP contribution is -2.32. The number of pyridine rings is 1. The van der Waals surface area contributed by atoms with Gasteiger partial charge in [0, 0.05) is 31.6 Å². The Hall–Kier alpha value is -3.33. The smallest absolute Gasteiger partial charge is 0.267 e. The van der Waals surface area contributed by atoms with E-state index in [1.807, 2.05) is 0 Å². The van der Waals surface area contributed by atoms with Gasteiger partial charge in [0.2, 0.25) is 5.89 Å². The number of halogens is 1. The zero-order valence-corrected chi connectivity index (χ0v) is 15.1. The SMILES string of the molecule is Cc1nc(CN2CCc3c(-c4ccc(O)cc4F)cc(C(N)=O)nc3C2)no1. The largest absolute Gasteiger partial charge is 0.508 e.